The summed E-state index contributed by atoms with van der Waals surface area (Å²) in [5.41, 5.74) is 7.72. The number of likely N-dealkylation sites (tertiary alicyclic amines) is 1. The molecule has 0 bridgehead atoms. The SMILES string of the molecule is CC(C)CC(NC(=O)C(N)C(C)C)C(=O)NC(Cc1c[nH]c2ccccc12)C(=O)N1CCCC1C(=O)O. The molecular formula is C27H39N5O5. The largest absolute Gasteiger partial charge is 0.480 e. The van der Waals surface area contributed by atoms with Gasteiger partial charge in [-0.1, -0.05) is 45.9 Å². The lowest BCUT2D eigenvalue weighted by molar-refractivity contribution is -0.149. The van der Waals surface area contributed by atoms with Gasteiger partial charge in [0.05, 0.1) is 6.04 Å². The highest BCUT2D eigenvalue weighted by Gasteiger charge is 2.38. The quantitative estimate of drug-likeness (QED) is 0.308. The number of carbonyl (C=O) groups excluding carboxylic acids is 3. The number of nitrogens with one attached hydrogen (secondary N) is 3. The van der Waals surface area contributed by atoms with Gasteiger partial charge in [0.2, 0.25) is 17.7 Å². The van der Waals surface area contributed by atoms with Crippen molar-refractivity contribution in [1.82, 2.24) is 20.5 Å². The summed E-state index contributed by atoms with van der Waals surface area (Å²) in [6.45, 7) is 7.83. The summed E-state index contributed by atoms with van der Waals surface area (Å²) in [7, 11) is 0. The number of carboxylic acid groups (broad SMARTS) is 1. The van der Waals surface area contributed by atoms with E-state index in [1.165, 1.54) is 4.90 Å². The lowest BCUT2D eigenvalue weighted by Crippen LogP contribution is -2.58. The average Bonchev–Trinajstić information content (AvgIpc) is 3.49. The Kier molecular flexibility index (Phi) is 9.31. The molecule has 3 rings (SSSR count). The molecule has 4 atom stereocenters. The van der Waals surface area contributed by atoms with E-state index < -0.39 is 47.9 Å². The summed E-state index contributed by atoms with van der Waals surface area (Å²) < 4.78 is 0. The number of carboxylic acids is 1. The molecule has 1 saturated heterocycles. The number of aromatic nitrogens is 1. The summed E-state index contributed by atoms with van der Waals surface area (Å²) >= 11 is 0. The van der Waals surface area contributed by atoms with Gasteiger partial charge in [-0.05, 0) is 42.7 Å². The molecule has 1 aliphatic heterocycles. The van der Waals surface area contributed by atoms with E-state index in [9.17, 15) is 24.3 Å². The maximum Gasteiger partial charge on any atom is 0.326 e. The second-order valence-corrected chi connectivity index (χ2v) is 10.6. The molecule has 10 heteroatoms. The van der Waals surface area contributed by atoms with Gasteiger partial charge >= 0.3 is 5.97 Å². The Labute approximate surface area is 217 Å². The van der Waals surface area contributed by atoms with E-state index in [2.05, 4.69) is 15.6 Å². The number of fused-ring (bicyclic) bond motifs is 1. The van der Waals surface area contributed by atoms with Crippen molar-refractivity contribution in [3.8, 4) is 0 Å². The first-order valence-corrected chi connectivity index (χ1v) is 12.9. The fraction of sp³-hybridized carbons (Fsp3) is 0.556. The van der Waals surface area contributed by atoms with Gasteiger partial charge in [0.1, 0.15) is 18.1 Å². The minimum Gasteiger partial charge on any atom is -0.480 e. The average molecular weight is 514 g/mol. The van der Waals surface area contributed by atoms with Gasteiger partial charge < -0.3 is 31.4 Å². The highest BCUT2D eigenvalue weighted by Crippen LogP contribution is 2.23. The predicted molar refractivity (Wildman–Crippen MR) is 141 cm³/mol. The van der Waals surface area contributed by atoms with Crippen molar-refractivity contribution in [3.63, 3.8) is 0 Å². The van der Waals surface area contributed by atoms with Crippen molar-refractivity contribution < 1.29 is 24.3 Å². The lowest BCUT2D eigenvalue weighted by Gasteiger charge is -2.29. The monoisotopic (exact) mass is 513 g/mol. The smallest absolute Gasteiger partial charge is 0.326 e. The summed E-state index contributed by atoms with van der Waals surface area (Å²) in [5.74, 6) is -2.46. The third-order valence-electron chi connectivity index (χ3n) is 6.90. The molecule has 1 aromatic heterocycles. The maximum atomic E-state index is 13.7. The third-order valence-corrected chi connectivity index (χ3v) is 6.90. The van der Waals surface area contributed by atoms with Gasteiger partial charge in [-0.25, -0.2) is 4.79 Å². The number of nitrogens with two attached hydrogens (primary N) is 1. The maximum absolute atomic E-state index is 13.7. The number of para-hydroxylation sites is 1. The molecular weight excluding hydrogens is 474 g/mol. The second kappa shape index (κ2) is 12.2. The van der Waals surface area contributed by atoms with E-state index in [-0.39, 0.29) is 18.3 Å². The number of amides is 3. The Morgan fingerprint density at radius 2 is 1.76 bits per heavy atom. The van der Waals surface area contributed by atoms with Gasteiger partial charge in [0.15, 0.2) is 0 Å². The number of hydrogen-bond acceptors (Lipinski definition) is 5. The fourth-order valence-corrected chi connectivity index (χ4v) is 4.75. The van der Waals surface area contributed by atoms with Gasteiger partial charge in [0.25, 0.3) is 0 Å². The van der Waals surface area contributed by atoms with E-state index >= 15 is 0 Å². The van der Waals surface area contributed by atoms with Gasteiger partial charge in [0, 0.05) is 30.1 Å². The Morgan fingerprint density at radius 1 is 1.08 bits per heavy atom. The first-order valence-electron chi connectivity index (χ1n) is 12.9. The summed E-state index contributed by atoms with van der Waals surface area (Å²) in [5, 5.41) is 16.1. The highest BCUT2D eigenvalue weighted by molar-refractivity contribution is 5.95. The number of nitrogens with zero attached hydrogens (tertiary/aromatic N) is 1. The molecule has 4 unspecified atom stereocenters. The van der Waals surface area contributed by atoms with Crippen LogP contribution in [0, 0.1) is 11.8 Å². The van der Waals surface area contributed by atoms with E-state index in [4.69, 9.17) is 5.73 Å². The normalized spacial score (nSPS) is 18.1. The third kappa shape index (κ3) is 6.88. The van der Waals surface area contributed by atoms with Crippen LogP contribution in [0.1, 0.15) is 52.5 Å². The zero-order valence-electron chi connectivity index (χ0n) is 22.0. The lowest BCUT2D eigenvalue weighted by atomic mass is 9.99. The Morgan fingerprint density at radius 3 is 2.41 bits per heavy atom. The fourth-order valence-electron chi connectivity index (χ4n) is 4.75. The number of benzene rings is 1. The van der Waals surface area contributed by atoms with Gasteiger partial charge in [-0.15, -0.1) is 0 Å². The van der Waals surface area contributed by atoms with Crippen LogP contribution >= 0.6 is 0 Å². The van der Waals surface area contributed by atoms with E-state index in [1.54, 1.807) is 6.20 Å². The van der Waals surface area contributed by atoms with Crippen LogP contribution in [0.25, 0.3) is 10.9 Å². The topological polar surface area (TPSA) is 158 Å². The van der Waals surface area contributed by atoms with Crippen molar-refractivity contribution in [1.29, 1.82) is 0 Å². The number of H-pyrrole nitrogens is 1. The van der Waals surface area contributed by atoms with Crippen LogP contribution in [0.5, 0.6) is 0 Å². The van der Waals surface area contributed by atoms with Gasteiger partial charge in [-0.2, -0.15) is 0 Å². The van der Waals surface area contributed by atoms with Crippen LogP contribution in [0.2, 0.25) is 0 Å². The molecule has 10 nitrogen and oxygen atoms in total. The first kappa shape index (κ1) is 28.2. The molecule has 0 aliphatic carbocycles. The van der Waals surface area contributed by atoms with E-state index in [0.29, 0.717) is 25.8 Å². The Bertz CT molecular complexity index is 1130. The van der Waals surface area contributed by atoms with Crippen LogP contribution < -0.4 is 16.4 Å². The van der Waals surface area contributed by atoms with Crippen LogP contribution in [0.4, 0.5) is 0 Å². The minimum absolute atomic E-state index is 0.0871. The highest BCUT2D eigenvalue weighted by atomic mass is 16.4. The molecule has 202 valence electrons. The van der Waals surface area contributed by atoms with Crippen LogP contribution in [-0.4, -0.2) is 69.4 Å². The Hall–Kier alpha value is -3.40. The molecule has 37 heavy (non-hydrogen) atoms. The molecule has 1 aromatic carbocycles. The molecule has 3 amide bonds. The zero-order chi connectivity index (χ0) is 27.3. The number of rotatable bonds is 11. The predicted octanol–water partition coefficient (Wildman–Crippen LogP) is 1.79. The zero-order valence-corrected chi connectivity index (χ0v) is 22.0. The van der Waals surface area contributed by atoms with E-state index in [0.717, 1.165) is 16.5 Å². The Balaban J connectivity index is 1.88. The van der Waals surface area contributed by atoms with Crippen molar-refractivity contribution in [3.05, 3.63) is 36.0 Å². The molecule has 1 fully saturated rings. The second-order valence-electron chi connectivity index (χ2n) is 10.6. The summed E-state index contributed by atoms with van der Waals surface area (Å²) in [4.78, 5) is 56.1. The van der Waals surface area contributed by atoms with Crippen molar-refractivity contribution >= 4 is 34.6 Å². The van der Waals surface area contributed by atoms with E-state index in [1.807, 2.05) is 52.0 Å². The molecule has 6 N–H and O–H groups in total. The molecule has 0 saturated carbocycles. The number of aliphatic carboxylic acids is 1. The molecule has 0 radical (unpaired) electrons. The summed E-state index contributed by atoms with van der Waals surface area (Å²) in [6.07, 6.45) is 3.28. The molecule has 0 spiro atoms. The number of carbonyl (C=O) groups is 4. The molecule has 2 aromatic rings. The van der Waals surface area contributed by atoms with Crippen molar-refractivity contribution in [2.75, 3.05) is 6.54 Å². The molecule has 2 heterocycles. The number of aromatic amines is 1. The van der Waals surface area contributed by atoms with Crippen LogP contribution in [-0.2, 0) is 25.6 Å². The van der Waals surface area contributed by atoms with Gasteiger partial charge in [-0.3, -0.25) is 14.4 Å². The first-order chi connectivity index (χ1) is 17.5. The van der Waals surface area contributed by atoms with Crippen molar-refractivity contribution in [2.45, 2.75) is 77.5 Å². The standard InChI is InChI=1S/C27H39N5O5/c1-15(2)12-20(30-25(34)23(28)16(3)4)24(33)31-21(26(35)32-11-7-10-22(32)27(36)37)13-17-14-29-19-9-6-5-8-18(17)19/h5-6,8-9,14-16,20-23,29H,7,10-13,28H2,1-4H3,(H,30,34)(H,31,33)(H,36,37). The molecule has 1 aliphatic rings. The summed E-state index contributed by atoms with van der Waals surface area (Å²) in [6, 6.07) is 4.05. The minimum atomic E-state index is -1.06. The number of hydrogen-bond donors (Lipinski definition) is 5. The van der Waals surface area contributed by atoms with Crippen LogP contribution in [0.15, 0.2) is 30.5 Å². The van der Waals surface area contributed by atoms with Crippen molar-refractivity contribution in [2.24, 2.45) is 17.6 Å². The van der Waals surface area contributed by atoms with Crippen LogP contribution in [0.3, 0.4) is 0 Å².